The quantitative estimate of drug-likeness (QED) is 0.512. The van der Waals surface area contributed by atoms with Crippen LogP contribution in [0, 0.1) is 18.3 Å². The maximum atomic E-state index is 12.3. The molecule has 0 saturated carbocycles. The molecular formula is C14H17NO5. The maximum absolute atomic E-state index is 12.3. The molecule has 0 aromatic rings. The SMILES string of the molecule is C#CCN1C(=O)C(CO)=CC(C2CCC(CO)O2)C1=O. The lowest BCUT2D eigenvalue weighted by Gasteiger charge is -2.31. The van der Waals surface area contributed by atoms with Crippen LogP contribution >= 0.6 is 0 Å². The van der Waals surface area contributed by atoms with Gasteiger partial charge in [-0.1, -0.05) is 12.0 Å². The fraction of sp³-hybridized carbons (Fsp3) is 0.571. The highest BCUT2D eigenvalue weighted by Gasteiger charge is 2.41. The van der Waals surface area contributed by atoms with Gasteiger partial charge in [0.1, 0.15) is 0 Å². The van der Waals surface area contributed by atoms with Crippen molar-refractivity contribution in [3.8, 4) is 12.3 Å². The average molecular weight is 279 g/mol. The van der Waals surface area contributed by atoms with Crippen LogP contribution in [0.3, 0.4) is 0 Å². The number of hydrogen-bond donors (Lipinski definition) is 2. The molecule has 6 heteroatoms. The van der Waals surface area contributed by atoms with Gasteiger partial charge < -0.3 is 14.9 Å². The number of terminal acetylenes is 1. The lowest BCUT2D eigenvalue weighted by molar-refractivity contribution is -0.148. The summed E-state index contributed by atoms with van der Waals surface area (Å²) in [6, 6.07) is 0. The van der Waals surface area contributed by atoms with Crippen LogP contribution in [0.25, 0.3) is 0 Å². The van der Waals surface area contributed by atoms with Crippen LogP contribution in [0.4, 0.5) is 0 Å². The molecule has 2 N–H and O–H groups in total. The van der Waals surface area contributed by atoms with Crippen molar-refractivity contribution in [1.82, 2.24) is 4.90 Å². The summed E-state index contributed by atoms with van der Waals surface area (Å²) in [6.45, 7) is -0.664. The van der Waals surface area contributed by atoms with Crippen LogP contribution in [0.5, 0.6) is 0 Å². The van der Waals surface area contributed by atoms with E-state index in [2.05, 4.69) is 5.92 Å². The Kier molecular flexibility index (Phi) is 4.55. The third-order valence-electron chi connectivity index (χ3n) is 3.62. The number of hydrogen-bond acceptors (Lipinski definition) is 5. The number of carbonyl (C=O) groups excluding carboxylic acids is 2. The first kappa shape index (κ1) is 14.7. The second-order valence-corrected chi connectivity index (χ2v) is 4.87. The van der Waals surface area contributed by atoms with Crippen LogP contribution in [-0.4, -0.2) is 58.9 Å². The number of carbonyl (C=O) groups is 2. The fourth-order valence-corrected chi connectivity index (χ4v) is 2.57. The molecule has 0 aliphatic carbocycles. The Labute approximate surface area is 117 Å². The van der Waals surface area contributed by atoms with Crippen molar-refractivity contribution in [2.45, 2.75) is 25.0 Å². The van der Waals surface area contributed by atoms with Crippen LogP contribution in [0.2, 0.25) is 0 Å². The number of imide groups is 1. The molecule has 0 bridgehead atoms. The van der Waals surface area contributed by atoms with E-state index in [-0.39, 0.29) is 24.8 Å². The van der Waals surface area contributed by atoms with E-state index in [4.69, 9.17) is 16.3 Å². The molecule has 108 valence electrons. The molecule has 2 heterocycles. The molecule has 6 nitrogen and oxygen atoms in total. The van der Waals surface area contributed by atoms with Gasteiger partial charge in [0, 0.05) is 5.57 Å². The zero-order valence-corrected chi connectivity index (χ0v) is 11.0. The van der Waals surface area contributed by atoms with Crippen molar-refractivity contribution in [2.75, 3.05) is 19.8 Å². The predicted octanol–water partition coefficient (Wildman–Crippen LogP) is -0.937. The largest absolute Gasteiger partial charge is 0.394 e. The normalized spacial score (nSPS) is 30.4. The number of aliphatic hydroxyl groups excluding tert-OH is 2. The number of ether oxygens (including phenoxy) is 1. The van der Waals surface area contributed by atoms with Crippen LogP contribution in [-0.2, 0) is 14.3 Å². The van der Waals surface area contributed by atoms with Crippen molar-refractivity contribution in [2.24, 2.45) is 5.92 Å². The van der Waals surface area contributed by atoms with Gasteiger partial charge in [-0.2, -0.15) is 0 Å². The summed E-state index contributed by atoms with van der Waals surface area (Å²) < 4.78 is 5.59. The first-order valence-corrected chi connectivity index (χ1v) is 6.49. The number of aliphatic hydroxyl groups is 2. The summed E-state index contributed by atoms with van der Waals surface area (Å²) >= 11 is 0. The molecule has 3 atom stereocenters. The van der Waals surface area contributed by atoms with E-state index in [1.54, 1.807) is 0 Å². The summed E-state index contributed by atoms with van der Waals surface area (Å²) in [5, 5.41) is 18.3. The van der Waals surface area contributed by atoms with E-state index in [0.717, 1.165) is 4.90 Å². The minimum Gasteiger partial charge on any atom is -0.394 e. The molecule has 2 rings (SSSR count). The minimum atomic E-state index is -0.639. The van der Waals surface area contributed by atoms with Crippen molar-refractivity contribution < 1.29 is 24.5 Å². The van der Waals surface area contributed by atoms with Crippen LogP contribution in [0.1, 0.15) is 12.8 Å². The number of amides is 2. The monoisotopic (exact) mass is 279 g/mol. The lowest BCUT2D eigenvalue weighted by Crippen LogP contribution is -2.48. The van der Waals surface area contributed by atoms with Gasteiger partial charge in [-0.15, -0.1) is 6.42 Å². The highest BCUT2D eigenvalue weighted by Crippen LogP contribution is 2.30. The Morgan fingerprint density at radius 2 is 2.15 bits per heavy atom. The Balaban J connectivity index is 2.23. The van der Waals surface area contributed by atoms with Gasteiger partial charge in [0.05, 0.1) is 37.9 Å². The van der Waals surface area contributed by atoms with Gasteiger partial charge in [0.15, 0.2) is 0 Å². The third-order valence-corrected chi connectivity index (χ3v) is 3.62. The molecule has 0 radical (unpaired) electrons. The first-order valence-electron chi connectivity index (χ1n) is 6.49. The summed E-state index contributed by atoms with van der Waals surface area (Å²) in [6.07, 6.45) is 7.24. The lowest BCUT2D eigenvalue weighted by atomic mass is 9.91. The first-order chi connectivity index (χ1) is 9.62. The third kappa shape index (κ3) is 2.61. The van der Waals surface area contributed by atoms with Crippen molar-refractivity contribution in [3.63, 3.8) is 0 Å². The van der Waals surface area contributed by atoms with Gasteiger partial charge in [0.25, 0.3) is 5.91 Å². The molecule has 2 aliphatic heterocycles. The van der Waals surface area contributed by atoms with Gasteiger partial charge in [-0.3, -0.25) is 14.5 Å². The van der Waals surface area contributed by atoms with Crippen molar-refractivity contribution in [3.05, 3.63) is 11.6 Å². The summed E-state index contributed by atoms with van der Waals surface area (Å²) in [7, 11) is 0. The van der Waals surface area contributed by atoms with E-state index in [9.17, 15) is 14.7 Å². The number of nitrogens with zero attached hydrogens (tertiary/aromatic N) is 1. The highest BCUT2D eigenvalue weighted by atomic mass is 16.5. The molecule has 2 aliphatic rings. The van der Waals surface area contributed by atoms with Crippen molar-refractivity contribution in [1.29, 1.82) is 0 Å². The zero-order chi connectivity index (χ0) is 14.7. The van der Waals surface area contributed by atoms with Crippen LogP contribution in [0.15, 0.2) is 11.6 Å². The standard InChI is InChI=1S/C14H17NO5/c1-2-5-15-13(18)9(7-16)6-11(14(15)19)12-4-3-10(8-17)20-12/h1,6,10-12,16-17H,3-5,7-8H2. The summed E-state index contributed by atoms with van der Waals surface area (Å²) in [5.41, 5.74) is 0.154. The van der Waals surface area contributed by atoms with E-state index in [0.29, 0.717) is 12.8 Å². The Morgan fingerprint density at radius 3 is 2.70 bits per heavy atom. The smallest absolute Gasteiger partial charge is 0.259 e. The Morgan fingerprint density at radius 1 is 1.40 bits per heavy atom. The molecule has 0 aromatic carbocycles. The molecule has 3 unspecified atom stereocenters. The van der Waals surface area contributed by atoms with Gasteiger partial charge in [-0.05, 0) is 12.8 Å². The van der Waals surface area contributed by atoms with E-state index >= 15 is 0 Å². The van der Waals surface area contributed by atoms with Gasteiger partial charge in [0.2, 0.25) is 5.91 Å². The summed E-state index contributed by atoms with van der Waals surface area (Å²) in [5.74, 6) is 0.668. The molecule has 1 saturated heterocycles. The second-order valence-electron chi connectivity index (χ2n) is 4.87. The predicted molar refractivity (Wildman–Crippen MR) is 69.2 cm³/mol. The summed E-state index contributed by atoms with van der Waals surface area (Å²) in [4.78, 5) is 25.2. The second kappa shape index (κ2) is 6.18. The van der Waals surface area contributed by atoms with Crippen molar-refractivity contribution >= 4 is 11.8 Å². The van der Waals surface area contributed by atoms with E-state index in [1.165, 1.54) is 6.08 Å². The molecular weight excluding hydrogens is 262 g/mol. The molecule has 20 heavy (non-hydrogen) atoms. The number of rotatable bonds is 4. The minimum absolute atomic E-state index is 0.0962. The van der Waals surface area contributed by atoms with Gasteiger partial charge in [-0.25, -0.2) is 0 Å². The van der Waals surface area contributed by atoms with Crippen LogP contribution < -0.4 is 0 Å². The molecule has 0 spiro atoms. The van der Waals surface area contributed by atoms with E-state index < -0.39 is 30.4 Å². The fourth-order valence-electron chi connectivity index (χ4n) is 2.57. The highest BCUT2D eigenvalue weighted by molar-refractivity contribution is 6.08. The maximum Gasteiger partial charge on any atom is 0.259 e. The topological polar surface area (TPSA) is 87.1 Å². The Bertz CT molecular complexity index is 478. The molecule has 2 amide bonds. The Hall–Kier alpha value is -1.68. The molecule has 1 fully saturated rings. The average Bonchev–Trinajstić information content (AvgIpc) is 2.92. The van der Waals surface area contributed by atoms with E-state index in [1.807, 2.05) is 0 Å². The van der Waals surface area contributed by atoms with Gasteiger partial charge >= 0.3 is 0 Å². The zero-order valence-electron chi connectivity index (χ0n) is 11.0. The molecule has 0 aromatic heterocycles.